The summed E-state index contributed by atoms with van der Waals surface area (Å²) >= 11 is 0. The number of likely N-dealkylation sites (tertiary alicyclic amines) is 1. The van der Waals surface area contributed by atoms with Crippen molar-refractivity contribution >= 4 is 11.9 Å². The SMILES string of the molecule is C[C@@H]1C[C@@H](C)CN(Cc2c(O)ccc3c2O/C(=C\c2cccnc2)C3=O)C1. The highest BCUT2D eigenvalue weighted by Crippen LogP contribution is 2.40. The monoisotopic (exact) mass is 364 g/mol. The number of aromatic nitrogens is 1. The second kappa shape index (κ2) is 7.16. The number of allylic oxidation sites excluding steroid dienone is 1. The van der Waals surface area contributed by atoms with Crippen LogP contribution in [0.2, 0.25) is 0 Å². The summed E-state index contributed by atoms with van der Waals surface area (Å²) in [7, 11) is 0. The molecule has 0 saturated carbocycles. The van der Waals surface area contributed by atoms with Crippen LogP contribution in [0.5, 0.6) is 11.5 Å². The molecular formula is C22H24N2O3. The van der Waals surface area contributed by atoms with Crippen LogP contribution in [0.1, 0.15) is 41.8 Å². The lowest BCUT2D eigenvalue weighted by Gasteiger charge is -2.35. The number of carbonyl (C=O) groups is 1. The molecule has 140 valence electrons. The van der Waals surface area contributed by atoms with Crippen LogP contribution in [0.4, 0.5) is 0 Å². The maximum atomic E-state index is 12.8. The molecule has 3 heterocycles. The van der Waals surface area contributed by atoms with Gasteiger partial charge in [0.2, 0.25) is 5.78 Å². The Kier molecular flexibility index (Phi) is 4.70. The summed E-state index contributed by atoms with van der Waals surface area (Å²) in [6, 6.07) is 6.92. The van der Waals surface area contributed by atoms with Gasteiger partial charge < -0.3 is 9.84 Å². The molecule has 4 rings (SSSR count). The van der Waals surface area contributed by atoms with Gasteiger partial charge in [-0.1, -0.05) is 19.9 Å². The summed E-state index contributed by atoms with van der Waals surface area (Å²) in [5, 5.41) is 10.5. The smallest absolute Gasteiger partial charge is 0.231 e. The third-order valence-corrected chi connectivity index (χ3v) is 5.22. The zero-order valence-electron chi connectivity index (χ0n) is 15.7. The number of rotatable bonds is 3. The number of Topliss-reactive ketones (excluding diaryl/α,β-unsaturated/α-hetero) is 1. The van der Waals surface area contributed by atoms with Crippen molar-refractivity contribution in [3.8, 4) is 11.5 Å². The van der Waals surface area contributed by atoms with Gasteiger partial charge in [0, 0.05) is 32.0 Å². The molecule has 5 heteroatoms. The molecule has 1 saturated heterocycles. The zero-order valence-corrected chi connectivity index (χ0v) is 15.7. The van der Waals surface area contributed by atoms with E-state index in [0.717, 1.165) is 18.7 Å². The number of phenols is 1. The number of hydrogen-bond acceptors (Lipinski definition) is 5. The molecule has 1 aromatic carbocycles. The summed E-state index contributed by atoms with van der Waals surface area (Å²) in [5.41, 5.74) is 2.01. The van der Waals surface area contributed by atoms with Gasteiger partial charge in [-0.15, -0.1) is 0 Å². The number of carbonyl (C=O) groups excluding carboxylic acids is 1. The lowest BCUT2D eigenvalue weighted by atomic mass is 9.91. The Hall–Kier alpha value is -2.66. The van der Waals surface area contributed by atoms with Crippen LogP contribution in [-0.2, 0) is 6.54 Å². The van der Waals surface area contributed by atoms with Crippen molar-refractivity contribution in [1.82, 2.24) is 9.88 Å². The molecule has 27 heavy (non-hydrogen) atoms. The summed E-state index contributed by atoms with van der Waals surface area (Å²) < 4.78 is 5.93. The van der Waals surface area contributed by atoms with Crippen molar-refractivity contribution in [2.24, 2.45) is 11.8 Å². The largest absolute Gasteiger partial charge is 0.507 e. The van der Waals surface area contributed by atoms with E-state index in [0.29, 0.717) is 35.3 Å². The van der Waals surface area contributed by atoms with E-state index in [2.05, 4.69) is 23.7 Å². The number of phenolic OH excluding ortho intramolecular Hbond substituents is 1. The maximum Gasteiger partial charge on any atom is 0.231 e. The van der Waals surface area contributed by atoms with Crippen LogP contribution in [0.15, 0.2) is 42.4 Å². The summed E-state index contributed by atoms with van der Waals surface area (Å²) in [6.45, 7) is 7.07. The number of ketones is 1. The number of aromatic hydroxyl groups is 1. The van der Waals surface area contributed by atoms with Crippen LogP contribution in [0.25, 0.3) is 6.08 Å². The molecule has 2 aliphatic rings. The summed E-state index contributed by atoms with van der Waals surface area (Å²) in [4.78, 5) is 19.2. The van der Waals surface area contributed by atoms with Crippen molar-refractivity contribution in [3.63, 3.8) is 0 Å². The molecule has 1 fully saturated rings. The Balaban J connectivity index is 1.64. The molecule has 5 nitrogen and oxygen atoms in total. The average Bonchev–Trinajstić information content (AvgIpc) is 2.94. The molecule has 1 N–H and O–H groups in total. The maximum absolute atomic E-state index is 12.8. The lowest BCUT2D eigenvalue weighted by Crippen LogP contribution is -2.38. The number of nitrogens with zero attached hydrogens (tertiary/aromatic N) is 2. The number of ether oxygens (including phenoxy) is 1. The van der Waals surface area contributed by atoms with Crippen LogP contribution >= 0.6 is 0 Å². The van der Waals surface area contributed by atoms with Gasteiger partial charge >= 0.3 is 0 Å². The van der Waals surface area contributed by atoms with Gasteiger partial charge in [-0.3, -0.25) is 14.7 Å². The van der Waals surface area contributed by atoms with E-state index >= 15 is 0 Å². The standard InChI is InChI=1S/C22H24N2O3/c1-14-8-15(2)12-24(11-14)13-18-19(25)6-5-17-21(26)20(27-22(17)18)9-16-4-3-7-23-10-16/h3-7,9-10,14-15,25H,8,11-13H2,1-2H3/b20-9-/t14-,15-/m1/s1. The predicted molar refractivity (Wildman–Crippen MR) is 104 cm³/mol. The molecule has 2 aliphatic heterocycles. The molecule has 0 radical (unpaired) electrons. The van der Waals surface area contributed by atoms with E-state index in [-0.39, 0.29) is 17.3 Å². The minimum Gasteiger partial charge on any atom is -0.507 e. The van der Waals surface area contributed by atoms with Crippen molar-refractivity contribution in [1.29, 1.82) is 0 Å². The molecule has 0 unspecified atom stereocenters. The summed E-state index contributed by atoms with van der Waals surface area (Å²) in [6.07, 6.45) is 6.29. The van der Waals surface area contributed by atoms with Gasteiger partial charge in [0.15, 0.2) is 5.76 Å². The van der Waals surface area contributed by atoms with Crippen LogP contribution < -0.4 is 4.74 Å². The first-order chi connectivity index (χ1) is 13.0. The van der Waals surface area contributed by atoms with Crippen LogP contribution in [-0.4, -0.2) is 33.9 Å². The fourth-order valence-corrected chi connectivity index (χ4v) is 4.21. The van der Waals surface area contributed by atoms with Crippen LogP contribution in [0, 0.1) is 11.8 Å². The molecule has 0 amide bonds. The topological polar surface area (TPSA) is 62.7 Å². The quantitative estimate of drug-likeness (QED) is 0.838. The van der Waals surface area contributed by atoms with Gasteiger partial charge in [0.1, 0.15) is 11.5 Å². The van der Waals surface area contributed by atoms with Gasteiger partial charge in [-0.25, -0.2) is 0 Å². The van der Waals surface area contributed by atoms with Gasteiger partial charge in [-0.2, -0.15) is 0 Å². The first-order valence-electron chi connectivity index (χ1n) is 9.42. The molecule has 2 aromatic rings. The van der Waals surface area contributed by atoms with E-state index in [9.17, 15) is 9.90 Å². The molecule has 0 spiro atoms. The molecule has 1 aromatic heterocycles. The Morgan fingerprint density at radius 3 is 2.74 bits per heavy atom. The van der Waals surface area contributed by atoms with Gasteiger partial charge in [-0.05, 0) is 48.1 Å². The molecule has 2 atom stereocenters. The van der Waals surface area contributed by atoms with E-state index in [1.54, 1.807) is 30.6 Å². The van der Waals surface area contributed by atoms with Crippen molar-refractivity contribution in [2.45, 2.75) is 26.8 Å². The Morgan fingerprint density at radius 2 is 2.04 bits per heavy atom. The lowest BCUT2D eigenvalue weighted by molar-refractivity contribution is 0.101. The highest BCUT2D eigenvalue weighted by molar-refractivity contribution is 6.14. The highest BCUT2D eigenvalue weighted by Gasteiger charge is 2.32. The Labute approximate surface area is 159 Å². The third kappa shape index (κ3) is 3.60. The van der Waals surface area contributed by atoms with Crippen LogP contribution in [0.3, 0.4) is 0 Å². The average molecular weight is 364 g/mol. The number of hydrogen-bond donors (Lipinski definition) is 1. The number of pyridine rings is 1. The van der Waals surface area contributed by atoms with Crippen molar-refractivity contribution < 1.29 is 14.6 Å². The van der Waals surface area contributed by atoms with Crippen molar-refractivity contribution in [3.05, 3.63) is 59.1 Å². The first-order valence-corrected chi connectivity index (χ1v) is 9.42. The second-order valence-electron chi connectivity index (χ2n) is 7.81. The minimum atomic E-state index is -0.157. The predicted octanol–water partition coefficient (Wildman–Crippen LogP) is 3.88. The fraction of sp³-hybridized carbons (Fsp3) is 0.364. The fourth-order valence-electron chi connectivity index (χ4n) is 4.21. The van der Waals surface area contributed by atoms with E-state index in [1.807, 2.05) is 12.1 Å². The van der Waals surface area contributed by atoms with Gasteiger partial charge in [0.25, 0.3) is 0 Å². The normalized spacial score (nSPS) is 24.1. The summed E-state index contributed by atoms with van der Waals surface area (Å²) in [5.74, 6) is 2.02. The second-order valence-corrected chi connectivity index (χ2v) is 7.81. The molecule has 0 bridgehead atoms. The first kappa shape index (κ1) is 17.7. The number of piperidine rings is 1. The Morgan fingerprint density at radius 1 is 1.26 bits per heavy atom. The zero-order chi connectivity index (χ0) is 19.0. The highest BCUT2D eigenvalue weighted by atomic mass is 16.5. The van der Waals surface area contributed by atoms with E-state index < -0.39 is 0 Å². The molecule has 0 aliphatic carbocycles. The number of benzene rings is 1. The number of fused-ring (bicyclic) bond motifs is 1. The van der Waals surface area contributed by atoms with E-state index in [4.69, 9.17) is 4.74 Å². The third-order valence-electron chi connectivity index (χ3n) is 5.22. The molecular weight excluding hydrogens is 340 g/mol. The van der Waals surface area contributed by atoms with Crippen molar-refractivity contribution in [2.75, 3.05) is 13.1 Å². The van der Waals surface area contributed by atoms with Gasteiger partial charge in [0.05, 0.1) is 11.1 Å². The van der Waals surface area contributed by atoms with E-state index in [1.165, 1.54) is 6.42 Å². The Bertz CT molecular complexity index is 882. The minimum absolute atomic E-state index is 0.157.